The summed E-state index contributed by atoms with van der Waals surface area (Å²) in [4.78, 5) is 21.5. The topological polar surface area (TPSA) is 98.7 Å². The van der Waals surface area contributed by atoms with Crippen LogP contribution in [-0.4, -0.2) is 41.4 Å². The molecule has 1 atom stereocenters. The minimum atomic E-state index is -1.24. The number of carboxylic acid groups (broad SMARTS) is 1. The second-order valence-electron chi connectivity index (χ2n) is 4.05. The van der Waals surface area contributed by atoms with Crippen molar-refractivity contribution < 1.29 is 19.8 Å². The molecular formula is C11H18N2O4. The van der Waals surface area contributed by atoms with Gasteiger partial charge in [-0.2, -0.15) is 0 Å². The summed E-state index contributed by atoms with van der Waals surface area (Å²) in [7, 11) is 0. The first-order valence-electron chi connectivity index (χ1n) is 5.68. The van der Waals surface area contributed by atoms with Crippen molar-refractivity contribution in [2.24, 2.45) is 0 Å². The van der Waals surface area contributed by atoms with Gasteiger partial charge in [-0.25, -0.2) is 4.79 Å². The number of hydrogen-bond acceptors (Lipinski definition) is 3. The first-order valence-corrected chi connectivity index (χ1v) is 5.68. The molecule has 96 valence electrons. The van der Waals surface area contributed by atoms with Gasteiger partial charge in [0.2, 0.25) is 5.91 Å². The summed E-state index contributed by atoms with van der Waals surface area (Å²) in [5.74, 6) is -0.443. The van der Waals surface area contributed by atoms with Gasteiger partial charge in [-0.1, -0.05) is 11.6 Å². The van der Waals surface area contributed by atoms with Gasteiger partial charge in [0.1, 0.15) is 6.54 Å². The van der Waals surface area contributed by atoms with Crippen LogP contribution in [-0.2, 0) is 4.79 Å². The maximum atomic E-state index is 11.3. The number of carbonyl (C=O) groups is 2. The van der Waals surface area contributed by atoms with Gasteiger partial charge in [-0.05, 0) is 25.7 Å². The highest BCUT2D eigenvalue weighted by atomic mass is 16.4. The molecule has 0 aromatic rings. The fourth-order valence-electron chi connectivity index (χ4n) is 1.83. The maximum absolute atomic E-state index is 11.3. The van der Waals surface area contributed by atoms with Crippen LogP contribution in [0.5, 0.6) is 0 Å². The van der Waals surface area contributed by atoms with E-state index >= 15 is 0 Å². The maximum Gasteiger partial charge on any atom is 0.405 e. The molecule has 0 saturated heterocycles. The molecule has 1 aliphatic carbocycles. The second kappa shape index (κ2) is 6.90. The van der Waals surface area contributed by atoms with Crippen LogP contribution in [0.4, 0.5) is 4.79 Å². The van der Waals surface area contributed by atoms with Crippen LogP contribution >= 0.6 is 0 Å². The summed E-state index contributed by atoms with van der Waals surface area (Å²) < 4.78 is 0. The molecule has 0 aliphatic heterocycles. The summed E-state index contributed by atoms with van der Waals surface area (Å²) in [5.41, 5.74) is 1.25. The van der Waals surface area contributed by atoms with Crippen molar-refractivity contribution in [1.29, 1.82) is 0 Å². The number of rotatable bonds is 5. The fourth-order valence-corrected chi connectivity index (χ4v) is 1.83. The molecule has 1 fully saturated rings. The van der Waals surface area contributed by atoms with Crippen LogP contribution < -0.4 is 10.6 Å². The Morgan fingerprint density at radius 1 is 1.35 bits per heavy atom. The van der Waals surface area contributed by atoms with E-state index in [2.05, 4.69) is 5.32 Å². The number of carbonyl (C=O) groups excluding carboxylic acids is 1. The standard InChI is InChI=1S/C11H18N2O4/c14-7-9(5-8-3-1-2-4-8)13-10(15)6-12-11(16)17/h5,9,12,14H,1-4,6-7H2,(H,13,15)(H,16,17)/t9-/m0/s1. The van der Waals surface area contributed by atoms with Crippen molar-refractivity contribution in [3.63, 3.8) is 0 Å². The van der Waals surface area contributed by atoms with E-state index in [1.165, 1.54) is 5.57 Å². The number of amides is 2. The number of aliphatic hydroxyl groups is 1. The molecule has 2 amide bonds. The van der Waals surface area contributed by atoms with Crippen LogP contribution in [0.1, 0.15) is 25.7 Å². The minimum Gasteiger partial charge on any atom is -0.465 e. The van der Waals surface area contributed by atoms with Gasteiger partial charge in [0.05, 0.1) is 12.6 Å². The van der Waals surface area contributed by atoms with E-state index in [1.54, 1.807) is 0 Å². The number of aliphatic hydroxyl groups excluding tert-OH is 1. The highest BCUT2D eigenvalue weighted by Crippen LogP contribution is 2.23. The molecule has 1 saturated carbocycles. The first kappa shape index (κ1) is 13.5. The Labute approximate surface area is 99.7 Å². The lowest BCUT2D eigenvalue weighted by atomic mass is 10.1. The Kier molecular flexibility index (Phi) is 5.48. The Morgan fingerprint density at radius 2 is 2.00 bits per heavy atom. The van der Waals surface area contributed by atoms with E-state index in [9.17, 15) is 9.59 Å². The van der Waals surface area contributed by atoms with Gasteiger partial charge in [0.15, 0.2) is 0 Å². The van der Waals surface area contributed by atoms with Crippen molar-refractivity contribution >= 4 is 12.0 Å². The summed E-state index contributed by atoms with van der Waals surface area (Å²) in [6.07, 6.45) is 4.96. The van der Waals surface area contributed by atoms with Crippen LogP contribution in [0.25, 0.3) is 0 Å². The van der Waals surface area contributed by atoms with Gasteiger partial charge in [-0.15, -0.1) is 0 Å². The third-order valence-electron chi connectivity index (χ3n) is 2.63. The van der Waals surface area contributed by atoms with Crippen molar-refractivity contribution in [2.45, 2.75) is 31.7 Å². The molecule has 0 bridgehead atoms. The Morgan fingerprint density at radius 3 is 2.53 bits per heavy atom. The van der Waals surface area contributed by atoms with E-state index < -0.39 is 18.0 Å². The zero-order chi connectivity index (χ0) is 12.7. The molecule has 0 radical (unpaired) electrons. The van der Waals surface area contributed by atoms with Gasteiger partial charge >= 0.3 is 6.09 Å². The normalized spacial score (nSPS) is 16.4. The first-order chi connectivity index (χ1) is 8.11. The molecule has 1 aliphatic rings. The summed E-state index contributed by atoms with van der Waals surface area (Å²) in [5, 5.41) is 22.0. The largest absolute Gasteiger partial charge is 0.465 e. The average Bonchev–Trinajstić information content (AvgIpc) is 2.78. The predicted octanol–water partition coefficient (Wildman–Crippen LogP) is 0.231. The highest BCUT2D eigenvalue weighted by molar-refractivity contribution is 5.82. The molecule has 0 aromatic carbocycles. The SMILES string of the molecule is O=C(O)NCC(=O)N[C@@H](C=C1CCCC1)CO. The van der Waals surface area contributed by atoms with E-state index in [0.717, 1.165) is 25.7 Å². The van der Waals surface area contributed by atoms with Gasteiger partial charge in [-0.3, -0.25) is 4.79 Å². The predicted molar refractivity (Wildman–Crippen MR) is 61.6 cm³/mol. The molecule has 6 nitrogen and oxygen atoms in total. The van der Waals surface area contributed by atoms with E-state index in [4.69, 9.17) is 10.2 Å². The number of nitrogens with one attached hydrogen (secondary N) is 2. The lowest BCUT2D eigenvalue weighted by molar-refractivity contribution is -0.120. The molecule has 0 heterocycles. The number of allylic oxidation sites excluding steroid dienone is 1. The summed E-state index contributed by atoms with van der Waals surface area (Å²) >= 11 is 0. The second-order valence-corrected chi connectivity index (χ2v) is 4.05. The third kappa shape index (κ3) is 5.35. The average molecular weight is 242 g/mol. The lowest BCUT2D eigenvalue weighted by Gasteiger charge is -2.13. The van der Waals surface area contributed by atoms with Crippen molar-refractivity contribution in [3.05, 3.63) is 11.6 Å². The lowest BCUT2D eigenvalue weighted by Crippen LogP contribution is -2.42. The fraction of sp³-hybridized carbons (Fsp3) is 0.636. The molecule has 6 heteroatoms. The molecule has 17 heavy (non-hydrogen) atoms. The van der Waals surface area contributed by atoms with Crippen molar-refractivity contribution in [2.75, 3.05) is 13.2 Å². The van der Waals surface area contributed by atoms with E-state index in [1.807, 2.05) is 11.4 Å². The van der Waals surface area contributed by atoms with Crippen molar-refractivity contribution in [1.82, 2.24) is 10.6 Å². The van der Waals surface area contributed by atoms with Crippen LogP contribution in [0.3, 0.4) is 0 Å². The van der Waals surface area contributed by atoms with Crippen LogP contribution in [0.15, 0.2) is 11.6 Å². The molecule has 4 N–H and O–H groups in total. The van der Waals surface area contributed by atoms with Crippen LogP contribution in [0.2, 0.25) is 0 Å². The minimum absolute atomic E-state index is 0.178. The van der Waals surface area contributed by atoms with Crippen LogP contribution in [0, 0.1) is 0 Å². The molecule has 0 spiro atoms. The summed E-state index contributed by atoms with van der Waals surface area (Å²) in [6, 6.07) is -0.425. The quantitative estimate of drug-likeness (QED) is 0.519. The van der Waals surface area contributed by atoms with Gasteiger partial charge in [0, 0.05) is 0 Å². The Balaban J connectivity index is 2.37. The van der Waals surface area contributed by atoms with E-state index in [-0.39, 0.29) is 13.2 Å². The van der Waals surface area contributed by atoms with Crippen molar-refractivity contribution in [3.8, 4) is 0 Å². The van der Waals surface area contributed by atoms with Gasteiger partial charge in [0.25, 0.3) is 0 Å². The zero-order valence-corrected chi connectivity index (χ0v) is 9.61. The molecule has 0 aromatic heterocycles. The zero-order valence-electron chi connectivity index (χ0n) is 9.61. The Hall–Kier alpha value is -1.56. The third-order valence-corrected chi connectivity index (χ3v) is 2.63. The number of hydrogen-bond donors (Lipinski definition) is 4. The molecular weight excluding hydrogens is 224 g/mol. The van der Waals surface area contributed by atoms with E-state index in [0.29, 0.717) is 0 Å². The smallest absolute Gasteiger partial charge is 0.405 e. The van der Waals surface area contributed by atoms with Gasteiger partial charge < -0.3 is 20.8 Å². The molecule has 0 unspecified atom stereocenters. The summed E-state index contributed by atoms with van der Waals surface area (Å²) in [6.45, 7) is -0.475. The Bertz CT molecular complexity index is 307. The monoisotopic (exact) mass is 242 g/mol. The highest BCUT2D eigenvalue weighted by Gasteiger charge is 2.13. The molecule has 1 rings (SSSR count).